The maximum Gasteiger partial charge on any atom is 0.123 e. The molecule has 2 nitrogen and oxygen atoms in total. The number of hydrogen-bond acceptors (Lipinski definition) is 2. The van der Waals surface area contributed by atoms with Crippen molar-refractivity contribution in [1.82, 2.24) is 4.90 Å². The van der Waals surface area contributed by atoms with Crippen molar-refractivity contribution in [3.05, 3.63) is 29.3 Å². The SMILES string of the molecule is CCCN(CCC)CC(Cl)c1cc(C(C)C)ccc1OC. The van der Waals surface area contributed by atoms with E-state index in [0.29, 0.717) is 5.92 Å². The summed E-state index contributed by atoms with van der Waals surface area (Å²) in [4.78, 5) is 2.44. The molecule has 0 aliphatic heterocycles. The van der Waals surface area contributed by atoms with Gasteiger partial charge in [0.05, 0.1) is 12.5 Å². The Morgan fingerprint density at radius 3 is 2.24 bits per heavy atom. The molecule has 0 amide bonds. The Morgan fingerprint density at radius 1 is 1.14 bits per heavy atom. The summed E-state index contributed by atoms with van der Waals surface area (Å²) in [5.74, 6) is 1.40. The Bertz CT molecular complexity index is 414. The molecule has 0 aliphatic rings. The lowest BCUT2D eigenvalue weighted by Gasteiger charge is -2.25. The van der Waals surface area contributed by atoms with Crippen LogP contribution in [0.15, 0.2) is 18.2 Å². The van der Waals surface area contributed by atoms with E-state index in [1.54, 1.807) is 7.11 Å². The third-order valence-corrected chi connectivity index (χ3v) is 4.13. The molecule has 0 aliphatic carbocycles. The number of ether oxygens (including phenoxy) is 1. The minimum absolute atomic E-state index is 0.0308. The summed E-state index contributed by atoms with van der Waals surface area (Å²) in [6, 6.07) is 6.38. The lowest BCUT2D eigenvalue weighted by Crippen LogP contribution is -2.29. The molecule has 0 radical (unpaired) electrons. The molecule has 0 spiro atoms. The second-order valence-corrected chi connectivity index (χ2v) is 6.45. The third-order valence-electron chi connectivity index (χ3n) is 3.76. The highest BCUT2D eigenvalue weighted by Gasteiger charge is 2.18. The largest absolute Gasteiger partial charge is 0.496 e. The van der Waals surface area contributed by atoms with Crippen LogP contribution in [0.25, 0.3) is 0 Å². The molecule has 3 heteroatoms. The summed E-state index contributed by atoms with van der Waals surface area (Å²) in [6.45, 7) is 11.9. The Balaban J connectivity index is 2.92. The topological polar surface area (TPSA) is 12.5 Å². The molecule has 0 saturated carbocycles. The van der Waals surface area contributed by atoms with Crippen molar-refractivity contribution in [2.45, 2.75) is 51.8 Å². The first-order chi connectivity index (χ1) is 10.0. The zero-order valence-corrected chi connectivity index (χ0v) is 14.9. The monoisotopic (exact) mass is 311 g/mol. The number of rotatable bonds is 9. The average Bonchev–Trinajstić information content (AvgIpc) is 2.46. The van der Waals surface area contributed by atoms with Crippen LogP contribution in [0.3, 0.4) is 0 Å². The zero-order valence-electron chi connectivity index (χ0n) is 14.2. The predicted molar refractivity (Wildman–Crippen MR) is 92.7 cm³/mol. The van der Waals surface area contributed by atoms with E-state index in [1.807, 2.05) is 6.07 Å². The van der Waals surface area contributed by atoms with Crippen LogP contribution < -0.4 is 4.74 Å². The first-order valence-corrected chi connectivity index (χ1v) is 8.51. The Hall–Kier alpha value is -0.730. The minimum atomic E-state index is -0.0308. The fourth-order valence-electron chi connectivity index (χ4n) is 2.61. The van der Waals surface area contributed by atoms with Gasteiger partial charge in [-0.15, -0.1) is 11.6 Å². The minimum Gasteiger partial charge on any atom is -0.496 e. The highest BCUT2D eigenvalue weighted by molar-refractivity contribution is 6.21. The number of benzene rings is 1. The maximum absolute atomic E-state index is 6.71. The van der Waals surface area contributed by atoms with Crippen molar-refractivity contribution < 1.29 is 4.74 Å². The van der Waals surface area contributed by atoms with Gasteiger partial charge in [-0.1, -0.05) is 39.8 Å². The molecule has 120 valence electrons. The van der Waals surface area contributed by atoms with Gasteiger partial charge in [-0.2, -0.15) is 0 Å². The van der Waals surface area contributed by atoms with Crippen LogP contribution in [0.5, 0.6) is 5.75 Å². The quantitative estimate of drug-likeness (QED) is 0.580. The zero-order chi connectivity index (χ0) is 15.8. The van der Waals surface area contributed by atoms with E-state index < -0.39 is 0 Å². The third kappa shape index (κ3) is 5.52. The van der Waals surface area contributed by atoms with E-state index in [1.165, 1.54) is 5.56 Å². The number of halogens is 1. The van der Waals surface area contributed by atoms with Gasteiger partial charge < -0.3 is 9.64 Å². The summed E-state index contributed by atoms with van der Waals surface area (Å²) in [6.07, 6.45) is 2.32. The predicted octanol–water partition coefficient (Wildman–Crippen LogP) is 5.22. The second kappa shape index (κ2) is 9.32. The van der Waals surface area contributed by atoms with Crippen molar-refractivity contribution in [2.75, 3.05) is 26.7 Å². The lowest BCUT2D eigenvalue weighted by molar-refractivity contribution is 0.273. The Labute approximate surface area is 135 Å². The summed E-state index contributed by atoms with van der Waals surface area (Å²) < 4.78 is 5.50. The van der Waals surface area contributed by atoms with Crippen LogP contribution in [0.2, 0.25) is 0 Å². The van der Waals surface area contributed by atoms with Gasteiger partial charge in [0.2, 0.25) is 0 Å². The summed E-state index contributed by atoms with van der Waals surface area (Å²) in [7, 11) is 1.72. The number of nitrogens with zero attached hydrogens (tertiary/aromatic N) is 1. The molecule has 0 saturated heterocycles. The van der Waals surface area contributed by atoms with E-state index in [9.17, 15) is 0 Å². The Kier molecular flexibility index (Phi) is 8.13. The van der Waals surface area contributed by atoms with Gasteiger partial charge in [-0.05, 0) is 43.5 Å². The van der Waals surface area contributed by atoms with Gasteiger partial charge in [0.1, 0.15) is 5.75 Å². The molecular weight excluding hydrogens is 282 g/mol. The van der Waals surface area contributed by atoms with E-state index >= 15 is 0 Å². The van der Waals surface area contributed by atoms with Crippen LogP contribution >= 0.6 is 11.6 Å². The van der Waals surface area contributed by atoms with Gasteiger partial charge in [0.15, 0.2) is 0 Å². The van der Waals surface area contributed by atoms with Crippen molar-refractivity contribution in [3.63, 3.8) is 0 Å². The second-order valence-electron chi connectivity index (χ2n) is 5.92. The van der Waals surface area contributed by atoms with Crippen LogP contribution in [-0.2, 0) is 0 Å². The fourth-order valence-corrected chi connectivity index (χ4v) is 2.97. The van der Waals surface area contributed by atoms with Gasteiger partial charge in [-0.3, -0.25) is 0 Å². The van der Waals surface area contributed by atoms with E-state index in [4.69, 9.17) is 16.3 Å². The van der Waals surface area contributed by atoms with Gasteiger partial charge in [0, 0.05) is 12.1 Å². The fraction of sp³-hybridized carbons (Fsp3) is 0.667. The van der Waals surface area contributed by atoms with Crippen molar-refractivity contribution >= 4 is 11.6 Å². The molecule has 0 bridgehead atoms. The summed E-state index contributed by atoms with van der Waals surface area (Å²) in [5.41, 5.74) is 2.43. The average molecular weight is 312 g/mol. The van der Waals surface area contributed by atoms with E-state index in [0.717, 1.165) is 43.8 Å². The molecule has 1 aromatic carbocycles. The highest BCUT2D eigenvalue weighted by Crippen LogP contribution is 2.33. The lowest BCUT2D eigenvalue weighted by atomic mass is 9.98. The number of methoxy groups -OCH3 is 1. The molecule has 0 aromatic heterocycles. The number of hydrogen-bond donors (Lipinski definition) is 0. The smallest absolute Gasteiger partial charge is 0.123 e. The van der Waals surface area contributed by atoms with Crippen LogP contribution in [0.4, 0.5) is 0 Å². The van der Waals surface area contributed by atoms with Crippen molar-refractivity contribution in [2.24, 2.45) is 0 Å². The standard InChI is InChI=1S/C18H30ClNO/c1-6-10-20(11-7-2)13-17(19)16-12-15(14(3)4)8-9-18(16)21-5/h8-9,12,14,17H,6-7,10-11,13H2,1-5H3. The van der Waals surface area contributed by atoms with Gasteiger partial charge >= 0.3 is 0 Å². The molecule has 1 aromatic rings. The summed E-state index contributed by atoms with van der Waals surface area (Å²) >= 11 is 6.71. The van der Waals surface area contributed by atoms with Crippen LogP contribution in [0.1, 0.15) is 63.0 Å². The molecule has 0 N–H and O–H groups in total. The van der Waals surface area contributed by atoms with Crippen molar-refractivity contribution in [3.8, 4) is 5.75 Å². The van der Waals surface area contributed by atoms with Crippen LogP contribution in [0, 0.1) is 0 Å². The molecule has 0 fully saturated rings. The number of alkyl halides is 1. The van der Waals surface area contributed by atoms with E-state index in [-0.39, 0.29) is 5.38 Å². The first-order valence-electron chi connectivity index (χ1n) is 8.07. The Morgan fingerprint density at radius 2 is 1.76 bits per heavy atom. The normalized spacial score (nSPS) is 13.0. The molecule has 0 heterocycles. The first kappa shape index (κ1) is 18.3. The molecular formula is C18H30ClNO. The van der Waals surface area contributed by atoms with Gasteiger partial charge in [-0.25, -0.2) is 0 Å². The molecule has 1 unspecified atom stereocenters. The van der Waals surface area contributed by atoms with E-state index in [2.05, 4.69) is 44.7 Å². The summed E-state index contributed by atoms with van der Waals surface area (Å²) in [5, 5.41) is -0.0308. The molecule has 1 rings (SSSR count). The van der Waals surface area contributed by atoms with Crippen molar-refractivity contribution in [1.29, 1.82) is 0 Å². The van der Waals surface area contributed by atoms with Gasteiger partial charge in [0.25, 0.3) is 0 Å². The molecule has 21 heavy (non-hydrogen) atoms. The molecule has 1 atom stereocenters. The highest BCUT2D eigenvalue weighted by atomic mass is 35.5. The van der Waals surface area contributed by atoms with Crippen LogP contribution in [-0.4, -0.2) is 31.6 Å². The maximum atomic E-state index is 6.71.